The maximum atomic E-state index is 11.2. The molecule has 0 saturated heterocycles. The second-order valence-electron chi connectivity index (χ2n) is 2.80. The highest BCUT2D eigenvalue weighted by atomic mass is 16.5. The van der Waals surface area contributed by atoms with Crippen molar-refractivity contribution in [3.63, 3.8) is 0 Å². The fourth-order valence-corrected chi connectivity index (χ4v) is 1.22. The summed E-state index contributed by atoms with van der Waals surface area (Å²) in [6.45, 7) is 0. The lowest BCUT2D eigenvalue weighted by Crippen LogP contribution is -2.00. The van der Waals surface area contributed by atoms with Crippen molar-refractivity contribution < 1.29 is 13.9 Å². The molecule has 0 aliphatic rings. The van der Waals surface area contributed by atoms with E-state index in [1.165, 1.54) is 13.2 Å². The third-order valence-electron chi connectivity index (χ3n) is 1.90. The molecular formula is C10H6N2O3. The predicted octanol–water partition coefficient (Wildman–Crippen LogP) is 1.49. The van der Waals surface area contributed by atoms with Crippen molar-refractivity contribution in [2.24, 2.45) is 0 Å². The van der Waals surface area contributed by atoms with E-state index >= 15 is 0 Å². The van der Waals surface area contributed by atoms with Crippen LogP contribution in [0, 0.1) is 11.3 Å². The molecule has 5 heteroatoms. The molecule has 0 radical (unpaired) electrons. The zero-order chi connectivity index (χ0) is 10.8. The van der Waals surface area contributed by atoms with Gasteiger partial charge in [0, 0.05) is 0 Å². The van der Waals surface area contributed by atoms with Gasteiger partial charge in [0.05, 0.1) is 12.7 Å². The second-order valence-corrected chi connectivity index (χ2v) is 2.80. The molecule has 1 aromatic carbocycles. The fourth-order valence-electron chi connectivity index (χ4n) is 1.22. The van der Waals surface area contributed by atoms with E-state index in [4.69, 9.17) is 9.68 Å². The van der Waals surface area contributed by atoms with Gasteiger partial charge in [0.15, 0.2) is 11.7 Å². The Morgan fingerprint density at radius 1 is 1.60 bits per heavy atom. The Bertz CT molecular complexity index is 566. The molecule has 0 fully saturated rings. The minimum atomic E-state index is -0.446. The van der Waals surface area contributed by atoms with Gasteiger partial charge in [0.25, 0.3) is 0 Å². The van der Waals surface area contributed by atoms with Crippen molar-refractivity contribution in [1.29, 1.82) is 5.26 Å². The van der Waals surface area contributed by atoms with E-state index in [9.17, 15) is 4.79 Å². The van der Waals surface area contributed by atoms with E-state index in [2.05, 4.69) is 9.72 Å². The highest BCUT2D eigenvalue weighted by Crippen LogP contribution is 2.17. The first-order valence-corrected chi connectivity index (χ1v) is 4.13. The first kappa shape index (κ1) is 9.21. The van der Waals surface area contributed by atoms with Crippen LogP contribution in [0.3, 0.4) is 0 Å². The Hall–Kier alpha value is -2.35. The standard InChI is InChI=1S/C10H6N2O3/c1-14-10(13)6-2-3-8-7(4-6)12-9(5-11)15-8/h2-4H,1H3. The molecule has 15 heavy (non-hydrogen) atoms. The average molecular weight is 202 g/mol. The Kier molecular flexibility index (Phi) is 2.10. The minimum absolute atomic E-state index is 0.0213. The van der Waals surface area contributed by atoms with Crippen LogP contribution in [0.2, 0.25) is 0 Å². The van der Waals surface area contributed by atoms with Crippen molar-refractivity contribution in [3.8, 4) is 6.07 Å². The van der Waals surface area contributed by atoms with Crippen LogP contribution in [0.1, 0.15) is 16.2 Å². The van der Waals surface area contributed by atoms with E-state index < -0.39 is 5.97 Å². The number of benzene rings is 1. The lowest BCUT2D eigenvalue weighted by Gasteiger charge is -1.96. The van der Waals surface area contributed by atoms with Crippen LogP contribution in [0.4, 0.5) is 0 Å². The summed E-state index contributed by atoms with van der Waals surface area (Å²) >= 11 is 0. The van der Waals surface area contributed by atoms with Crippen LogP contribution in [-0.4, -0.2) is 18.1 Å². The number of carbonyl (C=O) groups is 1. The summed E-state index contributed by atoms with van der Waals surface area (Å²) < 4.78 is 9.62. The summed E-state index contributed by atoms with van der Waals surface area (Å²) in [5.41, 5.74) is 1.32. The van der Waals surface area contributed by atoms with Crippen LogP contribution >= 0.6 is 0 Å². The molecule has 0 N–H and O–H groups in total. The number of hydrogen-bond donors (Lipinski definition) is 0. The lowest BCUT2D eigenvalue weighted by atomic mass is 10.2. The van der Waals surface area contributed by atoms with Crippen molar-refractivity contribution in [2.75, 3.05) is 7.11 Å². The van der Waals surface area contributed by atoms with E-state index in [0.717, 1.165) is 0 Å². The van der Waals surface area contributed by atoms with Gasteiger partial charge in [0.1, 0.15) is 5.52 Å². The van der Waals surface area contributed by atoms with Crippen LogP contribution in [0.25, 0.3) is 11.1 Å². The number of hydrogen-bond acceptors (Lipinski definition) is 5. The molecular weight excluding hydrogens is 196 g/mol. The Morgan fingerprint density at radius 2 is 2.40 bits per heavy atom. The molecule has 2 aromatic rings. The van der Waals surface area contributed by atoms with E-state index in [1.54, 1.807) is 18.2 Å². The normalized spacial score (nSPS) is 9.87. The highest BCUT2D eigenvalue weighted by Gasteiger charge is 2.09. The second kappa shape index (κ2) is 3.42. The summed E-state index contributed by atoms with van der Waals surface area (Å²) in [7, 11) is 1.30. The number of nitrogens with zero attached hydrogens (tertiary/aromatic N) is 2. The fraction of sp³-hybridized carbons (Fsp3) is 0.100. The molecule has 0 unspecified atom stereocenters. The number of aromatic nitrogens is 1. The van der Waals surface area contributed by atoms with Gasteiger partial charge in [-0.25, -0.2) is 4.79 Å². The molecule has 0 atom stereocenters. The number of carbonyl (C=O) groups excluding carboxylic acids is 1. The molecule has 5 nitrogen and oxygen atoms in total. The highest BCUT2D eigenvalue weighted by molar-refractivity contribution is 5.93. The third kappa shape index (κ3) is 1.53. The maximum Gasteiger partial charge on any atom is 0.337 e. The van der Waals surface area contributed by atoms with Gasteiger partial charge in [-0.2, -0.15) is 10.2 Å². The molecule has 0 amide bonds. The zero-order valence-electron chi connectivity index (χ0n) is 7.85. The van der Waals surface area contributed by atoms with Gasteiger partial charge in [0.2, 0.25) is 0 Å². The Labute approximate surface area is 84.9 Å². The van der Waals surface area contributed by atoms with Gasteiger partial charge in [-0.1, -0.05) is 0 Å². The van der Waals surface area contributed by atoms with Crippen LogP contribution in [0.5, 0.6) is 0 Å². The summed E-state index contributed by atoms with van der Waals surface area (Å²) in [6, 6.07) is 6.44. The van der Waals surface area contributed by atoms with Crippen molar-refractivity contribution >= 4 is 17.1 Å². The van der Waals surface area contributed by atoms with Gasteiger partial charge in [-0.05, 0) is 18.2 Å². The van der Waals surface area contributed by atoms with Gasteiger partial charge >= 0.3 is 11.9 Å². The maximum absolute atomic E-state index is 11.2. The number of methoxy groups -OCH3 is 1. The predicted molar refractivity (Wildman–Crippen MR) is 50.1 cm³/mol. The smallest absolute Gasteiger partial charge is 0.337 e. The van der Waals surface area contributed by atoms with Crippen LogP contribution in [0.15, 0.2) is 22.6 Å². The first-order chi connectivity index (χ1) is 7.24. The number of ether oxygens (including phenoxy) is 1. The molecule has 1 heterocycles. The topological polar surface area (TPSA) is 76.1 Å². The number of nitriles is 1. The Balaban J connectivity index is 2.56. The average Bonchev–Trinajstić information content (AvgIpc) is 2.69. The number of esters is 1. The van der Waals surface area contributed by atoms with Crippen molar-refractivity contribution in [1.82, 2.24) is 4.98 Å². The first-order valence-electron chi connectivity index (χ1n) is 4.13. The van der Waals surface area contributed by atoms with E-state index in [-0.39, 0.29) is 5.89 Å². The zero-order valence-corrected chi connectivity index (χ0v) is 7.85. The molecule has 0 saturated carbocycles. The van der Waals surface area contributed by atoms with Crippen molar-refractivity contribution in [2.45, 2.75) is 0 Å². The molecule has 0 bridgehead atoms. The number of rotatable bonds is 1. The Morgan fingerprint density at radius 3 is 3.07 bits per heavy atom. The summed E-state index contributed by atoms with van der Waals surface area (Å²) in [4.78, 5) is 15.1. The molecule has 0 spiro atoms. The molecule has 0 aliphatic heterocycles. The SMILES string of the molecule is COC(=O)c1ccc2oc(C#N)nc2c1. The van der Waals surface area contributed by atoms with Crippen LogP contribution in [-0.2, 0) is 4.74 Å². The summed E-state index contributed by atoms with van der Waals surface area (Å²) in [5.74, 6) is -0.467. The van der Waals surface area contributed by atoms with E-state index in [1.807, 2.05) is 0 Å². The number of oxazole rings is 1. The van der Waals surface area contributed by atoms with Gasteiger partial charge in [-0.15, -0.1) is 0 Å². The summed E-state index contributed by atoms with van der Waals surface area (Å²) in [6.07, 6.45) is 0. The molecule has 2 rings (SSSR count). The van der Waals surface area contributed by atoms with Crippen molar-refractivity contribution in [3.05, 3.63) is 29.7 Å². The van der Waals surface area contributed by atoms with Gasteiger partial charge in [-0.3, -0.25) is 0 Å². The van der Waals surface area contributed by atoms with E-state index in [0.29, 0.717) is 16.7 Å². The summed E-state index contributed by atoms with van der Waals surface area (Å²) in [5, 5.41) is 8.57. The monoisotopic (exact) mass is 202 g/mol. The minimum Gasteiger partial charge on any atom is -0.465 e. The van der Waals surface area contributed by atoms with Crippen LogP contribution < -0.4 is 0 Å². The molecule has 1 aromatic heterocycles. The largest absolute Gasteiger partial charge is 0.465 e. The lowest BCUT2D eigenvalue weighted by molar-refractivity contribution is 0.0601. The molecule has 74 valence electrons. The number of fused-ring (bicyclic) bond motifs is 1. The molecule has 0 aliphatic carbocycles. The third-order valence-corrected chi connectivity index (χ3v) is 1.90. The van der Waals surface area contributed by atoms with Gasteiger partial charge < -0.3 is 9.15 Å². The quantitative estimate of drug-likeness (QED) is 0.654.